The van der Waals surface area contributed by atoms with Crippen LogP contribution in [0.2, 0.25) is 0 Å². The summed E-state index contributed by atoms with van der Waals surface area (Å²) in [4.78, 5) is 12.1. The molecule has 0 aliphatic rings. The van der Waals surface area contributed by atoms with Gasteiger partial charge in [0, 0.05) is 24.0 Å². The van der Waals surface area contributed by atoms with Gasteiger partial charge in [-0.2, -0.15) is 0 Å². The van der Waals surface area contributed by atoms with Gasteiger partial charge in [0.25, 0.3) is 0 Å². The molecule has 0 saturated heterocycles. The molecule has 1 heterocycles. The van der Waals surface area contributed by atoms with Gasteiger partial charge in [-0.05, 0) is 26.7 Å². The summed E-state index contributed by atoms with van der Waals surface area (Å²) in [6, 6.07) is 0. The highest BCUT2D eigenvalue weighted by Crippen LogP contribution is 2.15. The Morgan fingerprint density at radius 2 is 1.29 bits per heavy atom. The molecule has 1 rings (SSSR count). The Labute approximate surface area is 104 Å². The molecule has 0 unspecified atom stereocenters. The first kappa shape index (κ1) is 14.0. The Morgan fingerprint density at radius 3 is 1.65 bits per heavy atom. The molecule has 0 atom stereocenters. The fraction of sp³-hybridized carbons (Fsp3) is 0.667. The van der Waals surface area contributed by atoms with Crippen LogP contribution in [0.1, 0.15) is 62.2 Å². The van der Waals surface area contributed by atoms with E-state index in [9.17, 15) is 4.79 Å². The van der Waals surface area contributed by atoms with Crippen molar-refractivity contribution in [2.24, 2.45) is 0 Å². The number of aryl methyl sites for hydroxylation is 2. The maximum absolute atomic E-state index is 12.1. The van der Waals surface area contributed by atoms with Crippen LogP contribution in [0.4, 0.5) is 0 Å². The third-order valence-corrected chi connectivity index (χ3v) is 3.28. The van der Waals surface area contributed by atoms with Crippen molar-refractivity contribution in [1.82, 2.24) is 0 Å². The van der Waals surface area contributed by atoms with Gasteiger partial charge in [-0.3, -0.25) is 4.79 Å². The summed E-state index contributed by atoms with van der Waals surface area (Å²) >= 11 is 0. The van der Waals surface area contributed by atoms with E-state index in [4.69, 9.17) is 4.42 Å². The van der Waals surface area contributed by atoms with E-state index in [0.29, 0.717) is 0 Å². The van der Waals surface area contributed by atoms with Crippen molar-refractivity contribution in [3.8, 4) is 0 Å². The maximum Gasteiger partial charge on any atom is 0.191 e. The minimum atomic E-state index is 0.174. The Kier molecular flexibility index (Phi) is 5.46. The summed E-state index contributed by atoms with van der Waals surface area (Å²) in [5.41, 5.74) is 1.78. The molecule has 0 aromatic carbocycles. The molecule has 17 heavy (non-hydrogen) atoms. The monoisotopic (exact) mass is 236 g/mol. The Balaban J connectivity index is 3.05. The van der Waals surface area contributed by atoms with Crippen LogP contribution in [0.3, 0.4) is 0 Å². The van der Waals surface area contributed by atoms with Gasteiger partial charge in [0.05, 0.1) is 0 Å². The summed E-state index contributed by atoms with van der Waals surface area (Å²) in [5.74, 6) is 1.79. The topological polar surface area (TPSA) is 30.2 Å². The van der Waals surface area contributed by atoms with Gasteiger partial charge in [0.1, 0.15) is 11.5 Å². The maximum atomic E-state index is 12.1. The first-order valence-electron chi connectivity index (χ1n) is 6.73. The molecular weight excluding hydrogens is 212 g/mol. The van der Waals surface area contributed by atoms with Crippen molar-refractivity contribution in [3.05, 3.63) is 32.9 Å². The van der Waals surface area contributed by atoms with E-state index in [0.717, 1.165) is 61.2 Å². The second-order valence-electron chi connectivity index (χ2n) is 4.73. The normalized spacial score (nSPS) is 10.8. The highest BCUT2D eigenvalue weighted by atomic mass is 16.3. The lowest BCUT2D eigenvalue weighted by molar-refractivity contribution is 0.425. The van der Waals surface area contributed by atoms with Crippen LogP contribution in [0.15, 0.2) is 9.21 Å². The third kappa shape index (κ3) is 3.45. The predicted octanol–water partition coefficient (Wildman–Crippen LogP) is 3.94. The molecule has 2 heteroatoms. The quantitative estimate of drug-likeness (QED) is 0.748. The van der Waals surface area contributed by atoms with Crippen LogP contribution in [-0.2, 0) is 12.8 Å². The summed E-state index contributed by atoms with van der Waals surface area (Å²) in [6.45, 7) is 8.07. The highest BCUT2D eigenvalue weighted by Gasteiger charge is 2.12. The van der Waals surface area contributed by atoms with E-state index < -0.39 is 0 Å². The van der Waals surface area contributed by atoms with Gasteiger partial charge in [0.15, 0.2) is 5.43 Å². The van der Waals surface area contributed by atoms with Crippen LogP contribution in [0.25, 0.3) is 0 Å². The lowest BCUT2D eigenvalue weighted by atomic mass is 10.0. The lowest BCUT2D eigenvalue weighted by Gasteiger charge is -2.10. The van der Waals surface area contributed by atoms with Crippen LogP contribution in [0.5, 0.6) is 0 Å². The molecule has 0 aliphatic heterocycles. The first-order chi connectivity index (χ1) is 8.11. The smallest absolute Gasteiger partial charge is 0.191 e. The van der Waals surface area contributed by atoms with Crippen LogP contribution >= 0.6 is 0 Å². The predicted molar refractivity (Wildman–Crippen MR) is 71.7 cm³/mol. The fourth-order valence-corrected chi connectivity index (χ4v) is 1.99. The molecule has 0 spiro atoms. The van der Waals surface area contributed by atoms with E-state index in [-0.39, 0.29) is 5.43 Å². The zero-order valence-electron chi connectivity index (χ0n) is 11.6. The van der Waals surface area contributed by atoms with Crippen molar-refractivity contribution < 1.29 is 4.42 Å². The first-order valence-corrected chi connectivity index (χ1v) is 6.73. The summed E-state index contributed by atoms with van der Waals surface area (Å²) in [7, 11) is 0. The van der Waals surface area contributed by atoms with Gasteiger partial charge in [-0.25, -0.2) is 0 Å². The van der Waals surface area contributed by atoms with E-state index in [1.807, 2.05) is 13.8 Å². The van der Waals surface area contributed by atoms with Crippen molar-refractivity contribution >= 4 is 0 Å². The molecule has 0 bridgehead atoms. The molecule has 0 radical (unpaired) electrons. The van der Waals surface area contributed by atoms with Crippen molar-refractivity contribution in [1.29, 1.82) is 0 Å². The van der Waals surface area contributed by atoms with Crippen LogP contribution in [-0.4, -0.2) is 0 Å². The average molecular weight is 236 g/mol. The number of hydrogen-bond acceptors (Lipinski definition) is 2. The number of rotatable bonds is 6. The SMILES string of the molecule is CCCCc1oc(CCCC)c(C)c(=O)c1C. The van der Waals surface area contributed by atoms with Crippen molar-refractivity contribution in [2.75, 3.05) is 0 Å². The van der Waals surface area contributed by atoms with Gasteiger partial charge >= 0.3 is 0 Å². The zero-order valence-corrected chi connectivity index (χ0v) is 11.6. The van der Waals surface area contributed by atoms with Gasteiger partial charge in [-0.1, -0.05) is 26.7 Å². The molecule has 1 aromatic rings. The third-order valence-electron chi connectivity index (χ3n) is 3.28. The van der Waals surface area contributed by atoms with Gasteiger partial charge in [-0.15, -0.1) is 0 Å². The second kappa shape index (κ2) is 6.63. The minimum absolute atomic E-state index is 0.174. The standard InChI is InChI=1S/C15H24O2/c1-5-7-9-13-11(3)15(16)12(4)14(17-13)10-8-6-2/h5-10H2,1-4H3. The Morgan fingerprint density at radius 1 is 0.882 bits per heavy atom. The summed E-state index contributed by atoms with van der Waals surface area (Å²) in [5, 5.41) is 0. The van der Waals surface area contributed by atoms with E-state index in [1.54, 1.807) is 0 Å². The summed E-state index contributed by atoms with van der Waals surface area (Å²) < 4.78 is 5.92. The van der Waals surface area contributed by atoms with Gasteiger partial charge in [0.2, 0.25) is 0 Å². The van der Waals surface area contributed by atoms with Crippen molar-refractivity contribution in [2.45, 2.75) is 66.2 Å². The highest BCUT2D eigenvalue weighted by molar-refractivity contribution is 5.26. The molecule has 0 amide bonds. The van der Waals surface area contributed by atoms with E-state index >= 15 is 0 Å². The zero-order chi connectivity index (χ0) is 12.8. The lowest BCUT2D eigenvalue weighted by Crippen LogP contribution is -2.15. The minimum Gasteiger partial charge on any atom is -0.465 e. The number of unbranched alkanes of at least 4 members (excludes halogenated alkanes) is 2. The largest absolute Gasteiger partial charge is 0.465 e. The molecule has 1 aromatic heterocycles. The molecule has 96 valence electrons. The molecule has 0 N–H and O–H groups in total. The van der Waals surface area contributed by atoms with E-state index in [1.165, 1.54) is 0 Å². The molecule has 2 nitrogen and oxygen atoms in total. The molecule has 0 fully saturated rings. The second-order valence-corrected chi connectivity index (χ2v) is 4.73. The molecule has 0 aliphatic carbocycles. The summed E-state index contributed by atoms with van der Waals surface area (Å²) in [6.07, 6.45) is 6.19. The van der Waals surface area contributed by atoms with Crippen LogP contribution < -0.4 is 5.43 Å². The Hall–Kier alpha value is -1.05. The average Bonchev–Trinajstić information content (AvgIpc) is 2.34. The van der Waals surface area contributed by atoms with E-state index in [2.05, 4.69) is 13.8 Å². The molecular formula is C15H24O2. The Bertz CT molecular complexity index is 380. The van der Waals surface area contributed by atoms with Gasteiger partial charge < -0.3 is 4.42 Å². The molecule has 0 saturated carbocycles. The van der Waals surface area contributed by atoms with Crippen molar-refractivity contribution in [3.63, 3.8) is 0 Å². The number of hydrogen-bond donors (Lipinski definition) is 0. The van der Waals surface area contributed by atoms with Crippen LogP contribution in [0, 0.1) is 13.8 Å². The fourth-order valence-electron chi connectivity index (χ4n) is 1.99.